The van der Waals surface area contributed by atoms with Crippen molar-refractivity contribution in [1.29, 1.82) is 0 Å². The third-order valence-corrected chi connectivity index (χ3v) is 5.36. The molecule has 0 saturated carbocycles. The average Bonchev–Trinajstić information content (AvgIpc) is 2.76. The van der Waals surface area contributed by atoms with Gasteiger partial charge in [0, 0.05) is 34.6 Å². The number of halogens is 2. The zero-order valence-electron chi connectivity index (χ0n) is 16.3. The number of hydrogen-bond donors (Lipinski definition) is 1. The minimum absolute atomic E-state index is 0.263. The molecule has 2 aromatic carbocycles. The number of hydrogen-bond acceptors (Lipinski definition) is 3. The Labute approximate surface area is 174 Å². The molecular formula is C24H21ClFN3. The fourth-order valence-electron chi connectivity index (χ4n) is 3.42. The Morgan fingerprint density at radius 2 is 1.79 bits per heavy atom. The molecule has 146 valence electrons. The van der Waals surface area contributed by atoms with E-state index in [0.717, 1.165) is 39.8 Å². The van der Waals surface area contributed by atoms with E-state index in [9.17, 15) is 4.39 Å². The number of pyridine rings is 2. The van der Waals surface area contributed by atoms with E-state index in [2.05, 4.69) is 22.2 Å². The molecule has 2 aromatic heterocycles. The molecule has 0 aliphatic carbocycles. The third-order valence-electron chi connectivity index (χ3n) is 5.07. The van der Waals surface area contributed by atoms with Crippen LogP contribution in [-0.4, -0.2) is 9.97 Å². The van der Waals surface area contributed by atoms with Crippen LogP contribution in [0.1, 0.15) is 31.1 Å². The van der Waals surface area contributed by atoms with E-state index in [1.54, 1.807) is 12.3 Å². The summed E-state index contributed by atoms with van der Waals surface area (Å²) >= 11 is 6.40. The molecule has 0 bridgehead atoms. The van der Waals surface area contributed by atoms with Crippen molar-refractivity contribution in [1.82, 2.24) is 9.97 Å². The molecule has 29 heavy (non-hydrogen) atoms. The van der Waals surface area contributed by atoms with Crippen molar-refractivity contribution >= 4 is 28.2 Å². The Balaban J connectivity index is 1.69. The molecule has 2 heterocycles. The first-order valence-electron chi connectivity index (χ1n) is 9.61. The summed E-state index contributed by atoms with van der Waals surface area (Å²) in [5.74, 6) is -0.263. The van der Waals surface area contributed by atoms with Crippen molar-refractivity contribution in [3.63, 3.8) is 0 Å². The van der Waals surface area contributed by atoms with Crippen LogP contribution in [0.4, 0.5) is 10.1 Å². The van der Waals surface area contributed by atoms with Gasteiger partial charge in [-0.1, -0.05) is 48.9 Å². The second-order valence-corrected chi connectivity index (χ2v) is 7.40. The van der Waals surface area contributed by atoms with Gasteiger partial charge in [-0.3, -0.25) is 9.97 Å². The highest BCUT2D eigenvalue weighted by atomic mass is 35.5. The zero-order valence-corrected chi connectivity index (χ0v) is 17.0. The minimum atomic E-state index is -0.291. The first-order chi connectivity index (χ1) is 14.1. The standard InChI is InChI=1S/C24H21ClFN3/c1-3-18-10-8-17(13-27-18)16-9-11-22(26)20(12-16)15(2)29-24-19-6-4-5-7-23(19)28-14-21(24)25/h4-15H,3H2,1-2H3,(H,28,29). The lowest BCUT2D eigenvalue weighted by molar-refractivity contribution is 0.600. The summed E-state index contributed by atoms with van der Waals surface area (Å²) in [6.45, 7) is 3.99. The summed E-state index contributed by atoms with van der Waals surface area (Å²) in [6.07, 6.45) is 4.34. The molecule has 0 aliphatic heterocycles. The summed E-state index contributed by atoms with van der Waals surface area (Å²) in [5.41, 5.74) is 5.08. The number of para-hydroxylation sites is 1. The molecule has 0 spiro atoms. The number of rotatable bonds is 5. The van der Waals surface area contributed by atoms with Crippen molar-refractivity contribution in [2.45, 2.75) is 26.3 Å². The topological polar surface area (TPSA) is 37.8 Å². The van der Waals surface area contributed by atoms with Gasteiger partial charge in [0.15, 0.2) is 0 Å². The molecule has 0 radical (unpaired) electrons. The van der Waals surface area contributed by atoms with Gasteiger partial charge in [-0.25, -0.2) is 4.39 Å². The van der Waals surface area contributed by atoms with Crippen LogP contribution in [0.3, 0.4) is 0 Å². The number of nitrogens with one attached hydrogen (secondary N) is 1. The fourth-order valence-corrected chi connectivity index (χ4v) is 3.62. The van der Waals surface area contributed by atoms with Gasteiger partial charge < -0.3 is 5.32 Å². The largest absolute Gasteiger partial charge is 0.377 e. The smallest absolute Gasteiger partial charge is 0.128 e. The van der Waals surface area contributed by atoms with Crippen molar-refractivity contribution in [2.75, 3.05) is 5.32 Å². The molecule has 1 atom stereocenters. The zero-order chi connectivity index (χ0) is 20.4. The molecule has 3 nitrogen and oxygen atoms in total. The van der Waals surface area contributed by atoms with Gasteiger partial charge in [0.1, 0.15) is 5.82 Å². The van der Waals surface area contributed by atoms with E-state index in [0.29, 0.717) is 10.6 Å². The summed E-state index contributed by atoms with van der Waals surface area (Å²) in [4.78, 5) is 8.80. The van der Waals surface area contributed by atoms with Gasteiger partial charge in [0.25, 0.3) is 0 Å². The number of anilines is 1. The van der Waals surface area contributed by atoms with E-state index in [1.807, 2.05) is 55.6 Å². The van der Waals surface area contributed by atoms with Gasteiger partial charge in [0.05, 0.1) is 22.3 Å². The van der Waals surface area contributed by atoms with E-state index in [-0.39, 0.29) is 11.9 Å². The predicted molar refractivity (Wildman–Crippen MR) is 118 cm³/mol. The summed E-state index contributed by atoms with van der Waals surface area (Å²) < 4.78 is 14.7. The Hall–Kier alpha value is -2.98. The van der Waals surface area contributed by atoms with Crippen LogP contribution in [0, 0.1) is 5.82 Å². The molecular weight excluding hydrogens is 385 g/mol. The molecule has 0 amide bonds. The van der Waals surface area contributed by atoms with Crippen LogP contribution < -0.4 is 5.32 Å². The molecule has 5 heteroatoms. The first-order valence-corrected chi connectivity index (χ1v) is 9.99. The monoisotopic (exact) mass is 405 g/mol. The Morgan fingerprint density at radius 1 is 1.00 bits per heavy atom. The number of benzene rings is 2. The molecule has 4 aromatic rings. The Bertz CT molecular complexity index is 1160. The molecule has 1 unspecified atom stereocenters. The average molecular weight is 406 g/mol. The molecule has 1 N–H and O–H groups in total. The molecule has 4 rings (SSSR count). The van der Waals surface area contributed by atoms with E-state index >= 15 is 0 Å². The van der Waals surface area contributed by atoms with Crippen LogP contribution in [0.5, 0.6) is 0 Å². The van der Waals surface area contributed by atoms with Crippen molar-refractivity contribution < 1.29 is 4.39 Å². The van der Waals surface area contributed by atoms with Gasteiger partial charge in [0.2, 0.25) is 0 Å². The lowest BCUT2D eigenvalue weighted by atomic mass is 10.00. The summed E-state index contributed by atoms with van der Waals surface area (Å²) in [5, 5.41) is 4.79. The van der Waals surface area contributed by atoms with Crippen LogP contribution in [0.15, 0.2) is 67.0 Å². The number of aryl methyl sites for hydroxylation is 1. The Kier molecular flexibility index (Phi) is 5.45. The summed E-state index contributed by atoms with van der Waals surface area (Å²) in [6, 6.07) is 16.6. The lowest BCUT2D eigenvalue weighted by Crippen LogP contribution is -2.10. The van der Waals surface area contributed by atoms with Gasteiger partial charge >= 0.3 is 0 Å². The SMILES string of the molecule is CCc1ccc(-c2ccc(F)c(C(C)Nc3c(Cl)cnc4ccccc34)c2)cn1. The lowest BCUT2D eigenvalue weighted by Gasteiger charge is -2.19. The van der Waals surface area contributed by atoms with Crippen LogP contribution in [0.25, 0.3) is 22.0 Å². The highest BCUT2D eigenvalue weighted by molar-refractivity contribution is 6.34. The number of nitrogens with zero attached hydrogens (tertiary/aromatic N) is 2. The Morgan fingerprint density at radius 3 is 2.55 bits per heavy atom. The summed E-state index contributed by atoms with van der Waals surface area (Å²) in [7, 11) is 0. The van der Waals surface area contributed by atoms with Crippen LogP contribution >= 0.6 is 11.6 Å². The fraction of sp³-hybridized carbons (Fsp3) is 0.167. The van der Waals surface area contributed by atoms with Gasteiger partial charge in [-0.15, -0.1) is 0 Å². The normalized spacial score (nSPS) is 12.1. The molecule has 0 aliphatic rings. The quantitative estimate of drug-likeness (QED) is 0.395. The van der Waals surface area contributed by atoms with Crippen molar-refractivity contribution in [2.24, 2.45) is 0 Å². The van der Waals surface area contributed by atoms with Crippen molar-refractivity contribution in [3.05, 3.63) is 89.1 Å². The maximum absolute atomic E-state index is 14.7. The second kappa shape index (κ2) is 8.18. The van der Waals surface area contributed by atoms with E-state index < -0.39 is 0 Å². The third kappa shape index (κ3) is 3.94. The first kappa shape index (κ1) is 19.3. The van der Waals surface area contributed by atoms with Crippen LogP contribution in [-0.2, 0) is 6.42 Å². The molecule has 0 fully saturated rings. The number of aromatic nitrogens is 2. The maximum Gasteiger partial charge on any atom is 0.128 e. The highest BCUT2D eigenvalue weighted by Crippen LogP contribution is 2.34. The predicted octanol–water partition coefficient (Wildman–Crippen LogP) is 6.82. The van der Waals surface area contributed by atoms with E-state index in [1.165, 1.54) is 6.07 Å². The second-order valence-electron chi connectivity index (χ2n) is 6.99. The minimum Gasteiger partial charge on any atom is -0.377 e. The van der Waals surface area contributed by atoms with E-state index in [4.69, 9.17) is 11.6 Å². The van der Waals surface area contributed by atoms with Gasteiger partial charge in [-0.05, 0) is 43.2 Å². The maximum atomic E-state index is 14.7. The molecule has 0 saturated heterocycles. The van der Waals surface area contributed by atoms with Crippen LogP contribution in [0.2, 0.25) is 5.02 Å². The van der Waals surface area contributed by atoms with Crippen molar-refractivity contribution in [3.8, 4) is 11.1 Å². The number of fused-ring (bicyclic) bond motifs is 1. The van der Waals surface area contributed by atoms with Gasteiger partial charge in [-0.2, -0.15) is 0 Å². The highest BCUT2D eigenvalue weighted by Gasteiger charge is 2.16.